The number of ether oxygens (including phenoxy) is 1. The quantitative estimate of drug-likeness (QED) is 0.638. The number of hydrogen-bond acceptors (Lipinski definition) is 4. The van der Waals surface area contributed by atoms with Gasteiger partial charge in [-0.2, -0.15) is 0 Å². The first-order chi connectivity index (χ1) is 8.56. The Kier molecular flexibility index (Phi) is 3.57. The molecule has 0 unspecified atom stereocenters. The van der Waals surface area contributed by atoms with Crippen LogP contribution in [-0.2, 0) is 0 Å². The summed E-state index contributed by atoms with van der Waals surface area (Å²) in [4.78, 5) is 14.5. The van der Waals surface area contributed by atoms with E-state index >= 15 is 0 Å². The van der Waals surface area contributed by atoms with E-state index < -0.39 is 4.92 Å². The highest BCUT2D eigenvalue weighted by molar-refractivity contribution is 9.10. The molecule has 18 heavy (non-hydrogen) atoms. The van der Waals surface area contributed by atoms with Gasteiger partial charge >= 0.3 is 5.69 Å². The molecule has 0 radical (unpaired) electrons. The zero-order chi connectivity index (χ0) is 13.1. The molecular weight excluding hydrogens is 300 g/mol. The third-order valence-corrected chi connectivity index (χ3v) is 2.72. The number of aromatic nitrogens is 1. The maximum atomic E-state index is 10.9. The zero-order valence-corrected chi connectivity index (χ0v) is 11.0. The average Bonchev–Trinajstić information content (AvgIpc) is 2.34. The van der Waals surface area contributed by atoms with Crippen molar-refractivity contribution < 1.29 is 9.66 Å². The minimum Gasteiger partial charge on any atom is -0.449 e. The van der Waals surface area contributed by atoms with Gasteiger partial charge in [-0.1, -0.05) is 15.9 Å². The lowest BCUT2D eigenvalue weighted by molar-refractivity contribution is -0.385. The lowest BCUT2D eigenvalue weighted by atomic mass is 10.3. The number of hydrogen-bond donors (Lipinski definition) is 0. The van der Waals surface area contributed by atoms with Crippen LogP contribution in [0, 0.1) is 17.0 Å². The van der Waals surface area contributed by atoms with Gasteiger partial charge in [0, 0.05) is 16.2 Å². The molecule has 1 heterocycles. The van der Waals surface area contributed by atoms with Crippen LogP contribution in [0.4, 0.5) is 5.69 Å². The molecule has 0 spiro atoms. The van der Waals surface area contributed by atoms with Gasteiger partial charge in [0.25, 0.3) is 0 Å². The van der Waals surface area contributed by atoms with Gasteiger partial charge in [0.05, 0.1) is 11.1 Å². The third-order valence-electron chi connectivity index (χ3n) is 2.23. The second kappa shape index (κ2) is 5.14. The Morgan fingerprint density at radius 1 is 1.33 bits per heavy atom. The molecule has 1 aromatic carbocycles. The van der Waals surface area contributed by atoms with Gasteiger partial charge in [0.2, 0.25) is 5.75 Å². The highest BCUT2D eigenvalue weighted by Gasteiger charge is 2.16. The highest BCUT2D eigenvalue weighted by Crippen LogP contribution is 2.33. The van der Waals surface area contributed by atoms with Crippen molar-refractivity contribution in [2.75, 3.05) is 0 Å². The molecule has 0 atom stereocenters. The largest absolute Gasteiger partial charge is 0.449 e. The van der Waals surface area contributed by atoms with E-state index in [0.29, 0.717) is 10.2 Å². The predicted octanol–water partition coefficient (Wildman–Crippen LogP) is 3.85. The smallest absolute Gasteiger partial charge is 0.312 e. The molecule has 5 nitrogen and oxygen atoms in total. The van der Waals surface area contributed by atoms with E-state index in [1.807, 2.05) is 6.92 Å². The van der Waals surface area contributed by atoms with Crippen LogP contribution in [0.25, 0.3) is 0 Å². The summed E-state index contributed by atoms with van der Waals surface area (Å²) in [5.41, 5.74) is 0.762. The predicted molar refractivity (Wildman–Crippen MR) is 69.8 cm³/mol. The normalized spacial score (nSPS) is 10.1. The standard InChI is InChI=1S/C12H9BrN2O3/c1-8-2-4-10(7-14-8)18-12-5-3-9(13)6-11(12)15(16)17/h2-7H,1H3. The highest BCUT2D eigenvalue weighted by atomic mass is 79.9. The van der Waals surface area contributed by atoms with E-state index in [1.165, 1.54) is 12.3 Å². The molecular formula is C12H9BrN2O3. The molecule has 2 rings (SSSR count). The Balaban J connectivity index is 2.34. The van der Waals surface area contributed by atoms with Gasteiger partial charge in [-0.3, -0.25) is 15.1 Å². The molecule has 6 heteroatoms. The van der Waals surface area contributed by atoms with Crippen molar-refractivity contribution in [3.05, 3.63) is 56.8 Å². The van der Waals surface area contributed by atoms with E-state index in [9.17, 15) is 10.1 Å². The summed E-state index contributed by atoms with van der Waals surface area (Å²) in [6.07, 6.45) is 1.53. The number of nitro groups is 1. The number of rotatable bonds is 3. The molecule has 0 amide bonds. The summed E-state index contributed by atoms with van der Waals surface area (Å²) < 4.78 is 6.08. The molecule has 92 valence electrons. The van der Waals surface area contributed by atoms with E-state index in [-0.39, 0.29) is 11.4 Å². The van der Waals surface area contributed by atoms with E-state index in [4.69, 9.17) is 4.74 Å². The van der Waals surface area contributed by atoms with Gasteiger partial charge < -0.3 is 4.74 Å². The summed E-state index contributed by atoms with van der Waals surface area (Å²) in [6, 6.07) is 8.12. The van der Waals surface area contributed by atoms with E-state index in [0.717, 1.165) is 5.69 Å². The summed E-state index contributed by atoms with van der Waals surface area (Å²) in [5, 5.41) is 10.9. The van der Waals surface area contributed by atoms with Crippen LogP contribution >= 0.6 is 15.9 Å². The second-order valence-electron chi connectivity index (χ2n) is 3.61. The van der Waals surface area contributed by atoms with Crippen LogP contribution in [-0.4, -0.2) is 9.91 Å². The van der Waals surface area contributed by atoms with Gasteiger partial charge in [0.15, 0.2) is 0 Å². The van der Waals surface area contributed by atoms with Crippen LogP contribution in [0.1, 0.15) is 5.69 Å². The summed E-state index contributed by atoms with van der Waals surface area (Å²) in [6.45, 7) is 1.85. The Bertz CT molecular complexity index is 584. The first-order valence-electron chi connectivity index (χ1n) is 5.11. The monoisotopic (exact) mass is 308 g/mol. The number of halogens is 1. The first-order valence-corrected chi connectivity index (χ1v) is 5.90. The van der Waals surface area contributed by atoms with Gasteiger partial charge in [-0.25, -0.2) is 0 Å². The number of benzene rings is 1. The van der Waals surface area contributed by atoms with Gasteiger partial charge in [-0.15, -0.1) is 0 Å². The van der Waals surface area contributed by atoms with E-state index in [2.05, 4.69) is 20.9 Å². The molecule has 0 N–H and O–H groups in total. The van der Waals surface area contributed by atoms with Gasteiger partial charge in [-0.05, 0) is 31.2 Å². The number of pyridine rings is 1. The van der Waals surface area contributed by atoms with Crippen molar-refractivity contribution in [3.8, 4) is 11.5 Å². The van der Waals surface area contributed by atoms with Crippen molar-refractivity contribution in [2.45, 2.75) is 6.92 Å². The third kappa shape index (κ3) is 2.84. The Hall–Kier alpha value is -1.95. The Labute approximate surface area is 112 Å². The number of nitrogens with zero attached hydrogens (tertiary/aromatic N) is 2. The van der Waals surface area contributed by atoms with E-state index in [1.54, 1.807) is 24.3 Å². The zero-order valence-electron chi connectivity index (χ0n) is 9.46. The fraction of sp³-hybridized carbons (Fsp3) is 0.0833. The fourth-order valence-electron chi connectivity index (χ4n) is 1.36. The van der Waals surface area contributed by atoms with Crippen molar-refractivity contribution in [3.63, 3.8) is 0 Å². The van der Waals surface area contributed by atoms with Crippen LogP contribution < -0.4 is 4.74 Å². The molecule has 0 saturated carbocycles. The number of aryl methyl sites for hydroxylation is 1. The molecule has 0 aliphatic carbocycles. The van der Waals surface area contributed by atoms with Crippen LogP contribution in [0.3, 0.4) is 0 Å². The lowest BCUT2D eigenvalue weighted by Gasteiger charge is -2.06. The number of nitro benzene ring substituents is 1. The lowest BCUT2D eigenvalue weighted by Crippen LogP contribution is -1.94. The maximum Gasteiger partial charge on any atom is 0.312 e. The summed E-state index contributed by atoms with van der Waals surface area (Å²) >= 11 is 3.19. The maximum absolute atomic E-state index is 10.9. The Morgan fingerprint density at radius 2 is 2.11 bits per heavy atom. The molecule has 0 aliphatic heterocycles. The molecule has 2 aromatic rings. The van der Waals surface area contributed by atoms with Crippen LogP contribution in [0.2, 0.25) is 0 Å². The SMILES string of the molecule is Cc1ccc(Oc2ccc(Br)cc2[N+](=O)[O-])cn1. The molecule has 0 saturated heterocycles. The average molecular weight is 309 g/mol. The van der Waals surface area contributed by atoms with Gasteiger partial charge in [0.1, 0.15) is 5.75 Å². The Morgan fingerprint density at radius 3 is 2.72 bits per heavy atom. The minimum atomic E-state index is -0.484. The molecule has 0 bridgehead atoms. The van der Waals surface area contributed by atoms with Crippen LogP contribution in [0.5, 0.6) is 11.5 Å². The minimum absolute atomic E-state index is 0.0926. The van der Waals surface area contributed by atoms with Crippen molar-refractivity contribution in [1.82, 2.24) is 4.98 Å². The fourth-order valence-corrected chi connectivity index (χ4v) is 1.71. The summed E-state index contributed by atoms with van der Waals surface area (Å²) in [7, 11) is 0. The molecule has 0 fully saturated rings. The van der Waals surface area contributed by atoms with Crippen molar-refractivity contribution >= 4 is 21.6 Å². The second-order valence-corrected chi connectivity index (χ2v) is 4.52. The summed E-state index contributed by atoms with van der Waals surface area (Å²) in [5.74, 6) is 0.653. The van der Waals surface area contributed by atoms with Crippen molar-refractivity contribution in [2.24, 2.45) is 0 Å². The molecule has 1 aromatic heterocycles. The molecule has 0 aliphatic rings. The van der Waals surface area contributed by atoms with Crippen molar-refractivity contribution in [1.29, 1.82) is 0 Å². The van der Waals surface area contributed by atoms with Crippen LogP contribution in [0.15, 0.2) is 41.0 Å². The first kappa shape index (κ1) is 12.5. The topological polar surface area (TPSA) is 65.3 Å².